The van der Waals surface area contributed by atoms with Gasteiger partial charge in [-0.1, -0.05) is 35.5 Å². The Morgan fingerprint density at radius 2 is 1.70 bits per heavy atom. The van der Waals surface area contributed by atoms with Gasteiger partial charge in [0.1, 0.15) is 25.0 Å². The Morgan fingerprint density at radius 3 is 2.39 bits per heavy atom. The fourth-order valence-corrected chi connectivity index (χ4v) is 6.18. The number of rotatable bonds is 6. The molecule has 3 fully saturated rings. The van der Waals surface area contributed by atoms with Crippen LogP contribution in [0.3, 0.4) is 0 Å². The number of nitrogens with zero attached hydrogens (tertiary/aromatic N) is 2. The average molecular weight is 446 g/mol. The second-order valence-corrected chi connectivity index (χ2v) is 9.14. The molecule has 8 heteroatoms. The minimum Gasteiger partial charge on any atom is -0.489 e. The van der Waals surface area contributed by atoms with Crippen LogP contribution in [0.2, 0.25) is 0 Å². The van der Waals surface area contributed by atoms with E-state index in [0.29, 0.717) is 6.61 Å². The van der Waals surface area contributed by atoms with Crippen LogP contribution in [0.5, 0.6) is 5.75 Å². The van der Waals surface area contributed by atoms with Gasteiger partial charge in [-0.25, -0.2) is 0 Å². The van der Waals surface area contributed by atoms with E-state index in [4.69, 9.17) is 14.7 Å². The summed E-state index contributed by atoms with van der Waals surface area (Å²) in [6.45, 7) is -0.101. The third kappa shape index (κ3) is 3.04. The monoisotopic (exact) mass is 446 g/mol. The van der Waals surface area contributed by atoms with Crippen molar-refractivity contribution in [3.05, 3.63) is 65.7 Å². The van der Waals surface area contributed by atoms with Crippen molar-refractivity contribution < 1.29 is 29.1 Å². The van der Waals surface area contributed by atoms with Crippen molar-refractivity contribution in [2.45, 2.75) is 19.1 Å². The van der Waals surface area contributed by atoms with E-state index < -0.39 is 24.3 Å². The SMILES string of the molecule is O=C(O)CN1C(=O)[C@@H]2[C@@H]3C[C@@H]([C@H]4ON=C(c5ccc(OCc6ccccc6)cc5)[C@@H]34)[C@@H]2C1=O. The smallest absolute Gasteiger partial charge is 0.323 e. The second kappa shape index (κ2) is 7.43. The molecule has 2 bridgehead atoms. The Balaban J connectivity index is 1.19. The first-order valence-corrected chi connectivity index (χ1v) is 11.1. The van der Waals surface area contributed by atoms with Crippen LogP contribution in [0, 0.1) is 29.6 Å². The Bertz CT molecular complexity index is 1160. The first-order chi connectivity index (χ1) is 16.0. The van der Waals surface area contributed by atoms with Crippen LogP contribution in [-0.4, -0.2) is 46.2 Å². The summed E-state index contributed by atoms with van der Waals surface area (Å²) in [7, 11) is 0. The van der Waals surface area contributed by atoms with Crippen LogP contribution in [0.1, 0.15) is 17.5 Å². The highest BCUT2D eigenvalue weighted by Crippen LogP contribution is 2.61. The number of carbonyl (C=O) groups excluding carboxylic acids is 2. The van der Waals surface area contributed by atoms with Crippen LogP contribution in [0.4, 0.5) is 0 Å². The van der Waals surface area contributed by atoms with Gasteiger partial charge in [0.05, 0.1) is 17.5 Å². The van der Waals surface area contributed by atoms with Crippen molar-refractivity contribution >= 4 is 23.5 Å². The van der Waals surface area contributed by atoms with E-state index in [0.717, 1.165) is 33.9 Å². The molecule has 2 heterocycles. The fraction of sp³-hybridized carbons (Fsp3) is 0.360. The van der Waals surface area contributed by atoms with E-state index in [9.17, 15) is 14.4 Å². The van der Waals surface area contributed by atoms with Crippen molar-refractivity contribution in [2.24, 2.45) is 34.7 Å². The van der Waals surface area contributed by atoms with Crippen molar-refractivity contribution in [3.8, 4) is 5.75 Å². The summed E-state index contributed by atoms with van der Waals surface area (Å²) >= 11 is 0. The maximum absolute atomic E-state index is 12.9. The Labute approximate surface area is 189 Å². The molecular formula is C25H22N2O6. The van der Waals surface area contributed by atoms with Crippen LogP contribution < -0.4 is 4.74 Å². The Morgan fingerprint density at radius 1 is 1.00 bits per heavy atom. The van der Waals surface area contributed by atoms with E-state index in [1.807, 2.05) is 54.6 Å². The zero-order chi connectivity index (χ0) is 22.7. The molecule has 0 spiro atoms. The number of benzene rings is 2. The van der Waals surface area contributed by atoms with E-state index in [1.165, 1.54) is 0 Å². The number of ether oxygens (including phenoxy) is 1. The van der Waals surface area contributed by atoms with Gasteiger partial charge in [-0.3, -0.25) is 19.3 Å². The number of imide groups is 1. The van der Waals surface area contributed by atoms with Crippen LogP contribution in [0.15, 0.2) is 59.8 Å². The van der Waals surface area contributed by atoms with Crippen molar-refractivity contribution in [1.82, 2.24) is 4.90 Å². The van der Waals surface area contributed by atoms with Gasteiger partial charge in [0, 0.05) is 17.4 Å². The minimum absolute atomic E-state index is 0.0736. The number of fused-ring (bicyclic) bond motifs is 8. The zero-order valence-electron chi connectivity index (χ0n) is 17.7. The number of oxime groups is 1. The summed E-state index contributed by atoms with van der Waals surface area (Å²) in [4.78, 5) is 43.6. The number of carboxylic acids is 1. The highest BCUT2D eigenvalue weighted by atomic mass is 16.6. The molecule has 1 saturated heterocycles. The van der Waals surface area contributed by atoms with Gasteiger partial charge < -0.3 is 14.7 Å². The molecule has 2 aliphatic carbocycles. The molecule has 2 aromatic carbocycles. The Hall–Kier alpha value is -3.68. The standard InChI is InChI=1S/C25H22N2O6/c28-18(29)11-27-24(30)19-16-10-17(20(19)25(27)31)23-21(16)22(26-33-23)14-6-8-15(9-7-14)32-12-13-4-2-1-3-5-13/h1-9,16-17,19-21,23H,10-12H2,(H,28,29)/t16-,17+,19+,20-,21+,23+/m0/s1. The molecule has 2 saturated carbocycles. The van der Waals surface area contributed by atoms with Gasteiger partial charge in [0.25, 0.3) is 0 Å². The first kappa shape index (κ1) is 20.0. The molecule has 0 unspecified atom stereocenters. The Kier molecular flexibility index (Phi) is 4.50. The largest absolute Gasteiger partial charge is 0.489 e. The van der Waals surface area contributed by atoms with Crippen LogP contribution in [-0.2, 0) is 25.8 Å². The third-order valence-corrected chi connectivity index (χ3v) is 7.47. The second-order valence-electron chi connectivity index (χ2n) is 9.14. The normalized spacial score (nSPS) is 31.3. The lowest BCUT2D eigenvalue weighted by atomic mass is 9.71. The van der Waals surface area contributed by atoms with Crippen molar-refractivity contribution in [3.63, 3.8) is 0 Å². The highest BCUT2D eigenvalue weighted by Gasteiger charge is 2.70. The summed E-state index contributed by atoms with van der Waals surface area (Å²) in [5, 5.41) is 13.4. The number of amides is 2. The molecular weight excluding hydrogens is 424 g/mol. The van der Waals surface area contributed by atoms with Gasteiger partial charge in [-0.05, 0) is 42.2 Å². The van der Waals surface area contributed by atoms with Crippen molar-refractivity contribution in [2.75, 3.05) is 6.54 Å². The lowest BCUT2D eigenvalue weighted by molar-refractivity contribution is -0.150. The molecule has 0 aromatic heterocycles. The molecule has 0 radical (unpaired) electrons. The van der Waals surface area contributed by atoms with Gasteiger partial charge in [0.15, 0.2) is 0 Å². The molecule has 2 aliphatic heterocycles. The number of carboxylic acid groups (broad SMARTS) is 1. The number of aliphatic carboxylic acids is 1. The van der Waals surface area contributed by atoms with Crippen LogP contribution >= 0.6 is 0 Å². The zero-order valence-corrected chi connectivity index (χ0v) is 17.7. The van der Waals surface area contributed by atoms with E-state index >= 15 is 0 Å². The third-order valence-electron chi connectivity index (χ3n) is 7.47. The molecule has 8 nitrogen and oxygen atoms in total. The molecule has 6 atom stereocenters. The predicted octanol–water partition coefficient (Wildman–Crippen LogP) is 2.32. The number of hydrogen-bond acceptors (Lipinski definition) is 6. The molecule has 1 N–H and O–H groups in total. The van der Waals surface area contributed by atoms with Gasteiger partial charge in [0.2, 0.25) is 11.8 Å². The first-order valence-electron chi connectivity index (χ1n) is 11.1. The van der Waals surface area contributed by atoms with Gasteiger partial charge in [-0.2, -0.15) is 0 Å². The lowest BCUT2D eigenvalue weighted by Gasteiger charge is -2.29. The molecule has 168 valence electrons. The van der Waals surface area contributed by atoms with Gasteiger partial charge >= 0.3 is 5.97 Å². The average Bonchev–Trinajstić information content (AvgIpc) is 3.56. The maximum atomic E-state index is 12.9. The molecule has 4 aliphatic rings. The van der Waals surface area contributed by atoms with E-state index in [-0.39, 0.29) is 35.7 Å². The summed E-state index contributed by atoms with van der Waals surface area (Å²) in [5.74, 6) is -2.43. The summed E-state index contributed by atoms with van der Waals surface area (Å²) in [6.07, 6.45) is 0.474. The topological polar surface area (TPSA) is 106 Å². The molecule has 33 heavy (non-hydrogen) atoms. The lowest BCUT2D eigenvalue weighted by Crippen LogP contribution is -2.41. The quantitative estimate of drug-likeness (QED) is 0.683. The maximum Gasteiger partial charge on any atom is 0.323 e. The summed E-state index contributed by atoms with van der Waals surface area (Å²) < 4.78 is 5.87. The number of carbonyl (C=O) groups is 3. The number of hydrogen-bond donors (Lipinski definition) is 1. The summed E-state index contributed by atoms with van der Waals surface area (Å²) in [6, 6.07) is 17.6. The van der Waals surface area contributed by atoms with E-state index in [1.54, 1.807) is 0 Å². The summed E-state index contributed by atoms with van der Waals surface area (Å²) in [5.41, 5.74) is 2.78. The molecule has 2 aromatic rings. The molecule has 6 rings (SSSR count). The van der Waals surface area contributed by atoms with Crippen molar-refractivity contribution in [1.29, 1.82) is 0 Å². The van der Waals surface area contributed by atoms with Gasteiger partial charge in [-0.15, -0.1) is 0 Å². The fourth-order valence-electron chi connectivity index (χ4n) is 6.18. The molecule has 2 amide bonds. The predicted molar refractivity (Wildman–Crippen MR) is 115 cm³/mol. The minimum atomic E-state index is -1.18. The van der Waals surface area contributed by atoms with E-state index in [2.05, 4.69) is 5.16 Å². The number of likely N-dealkylation sites (tertiary alicyclic amines) is 1. The van der Waals surface area contributed by atoms with Crippen LogP contribution in [0.25, 0.3) is 0 Å². The highest BCUT2D eigenvalue weighted by molar-refractivity contribution is 6.10.